The summed E-state index contributed by atoms with van der Waals surface area (Å²) in [6, 6.07) is 5.61. The Kier molecular flexibility index (Phi) is 3.82. The molecule has 4 nitrogen and oxygen atoms in total. The van der Waals surface area contributed by atoms with Crippen molar-refractivity contribution in [3.8, 4) is 17.0 Å². The van der Waals surface area contributed by atoms with Crippen LogP contribution in [0.15, 0.2) is 22.7 Å². The van der Waals surface area contributed by atoms with Gasteiger partial charge in [-0.1, -0.05) is 11.6 Å². The highest BCUT2D eigenvalue weighted by molar-refractivity contribution is 9.10. The maximum atomic E-state index is 6.12. The van der Waals surface area contributed by atoms with E-state index in [0.29, 0.717) is 10.8 Å². The molecule has 18 heavy (non-hydrogen) atoms. The van der Waals surface area contributed by atoms with Gasteiger partial charge in [0.2, 0.25) is 0 Å². The molecule has 0 aliphatic rings. The lowest BCUT2D eigenvalue weighted by atomic mass is 10.1. The first kappa shape index (κ1) is 13.2. The van der Waals surface area contributed by atoms with Crippen LogP contribution >= 0.6 is 27.5 Å². The summed E-state index contributed by atoms with van der Waals surface area (Å²) >= 11 is 9.66. The minimum Gasteiger partial charge on any atom is -0.495 e. The maximum Gasteiger partial charge on any atom is 0.164 e. The molecule has 0 saturated carbocycles. The van der Waals surface area contributed by atoms with Gasteiger partial charge in [0.1, 0.15) is 5.75 Å². The first-order chi connectivity index (χ1) is 8.54. The summed E-state index contributed by atoms with van der Waals surface area (Å²) in [6.07, 6.45) is 0. The number of aromatic amines is 1. The molecule has 0 aliphatic carbocycles. The monoisotopic (exact) mass is 329 g/mol. The van der Waals surface area contributed by atoms with Crippen molar-refractivity contribution in [1.82, 2.24) is 10.2 Å². The van der Waals surface area contributed by atoms with Crippen LogP contribution in [0.5, 0.6) is 5.75 Å². The number of ether oxygens (including phenoxy) is 1. The SMILES string of the molecule is COc1ccc(-c2[nH]nc(N(C)C)c2Br)cc1Cl. The van der Waals surface area contributed by atoms with Crippen LogP contribution in [0.2, 0.25) is 5.02 Å². The normalized spacial score (nSPS) is 10.5. The van der Waals surface area contributed by atoms with Crippen molar-refractivity contribution in [3.63, 3.8) is 0 Å². The van der Waals surface area contributed by atoms with Gasteiger partial charge in [0, 0.05) is 19.7 Å². The Morgan fingerprint density at radius 1 is 1.39 bits per heavy atom. The summed E-state index contributed by atoms with van der Waals surface area (Å²) in [5.74, 6) is 1.50. The minimum absolute atomic E-state index is 0.572. The molecule has 1 N–H and O–H groups in total. The number of hydrogen-bond acceptors (Lipinski definition) is 3. The fraction of sp³-hybridized carbons (Fsp3) is 0.250. The van der Waals surface area contributed by atoms with Crippen LogP contribution in [-0.4, -0.2) is 31.4 Å². The largest absolute Gasteiger partial charge is 0.495 e. The summed E-state index contributed by atoms with van der Waals surface area (Å²) in [5.41, 5.74) is 1.84. The average Bonchev–Trinajstić information content (AvgIpc) is 2.71. The predicted octanol–water partition coefficient (Wildman–Crippen LogP) is 3.57. The van der Waals surface area contributed by atoms with E-state index < -0.39 is 0 Å². The van der Waals surface area contributed by atoms with Crippen molar-refractivity contribution in [2.45, 2.75) is 0 Å². The number of benzene rings is 1. The number of hydrogen-bond donors (Lipinski definition) is 1. The fourth-order valence-corrected chi connectivity index (χ4v) is 2.65. The second kappa shape index (κ2) is 5.20. The van der Waals surface area contributed by atoms with Gasteiger partial charge in [-0.3, -0.25) is 5.10 Å². The molecule has 0 amide bonds. The van der Waals surface area contributed by atoms with Crippen LogP contribution in [0.4, 0.5) is 5.82 Å². The van der Waals surface area contributed by atoms with E-state index >= 15 is 0 Å². The zero-order chi connectivity index (χ0) is 13.3. The topological polar surface area (TPSA) is 41.1 Å². The van der Waals surface area contributed by atoms with Gasteiger partial charge >= 0.3 is 0 Å². The molecule has 0 saturated heterocycles. The highest BCUT2D eigenvalue weighted by Crippen LogP contribution is 2.36. The van der Waals surface area contributed by atoms with Gasteiger partial charge in [0.15, 0.2) is 5.82 Å². The van der Waals surface area contributed by atoms with Gasteiger partial charge < -0.3 is 9.64 Å². The number of aromatic nitrogens is 2. The molecule has 2 aromatic rings. The Morgan fingerprint density at radius 3 is 2.61 bits per heavy atom. The Balaban J connectivity index is 2.46. The Labute approximate surface area is 119 Å². The van der Waals surface area contributed by atoms with E-state index in [1.54, 1.807) is 7.11 Å². The Bertz CT molecular complexity index is 568. The van der Waals surface area contributed by atoms with Gasteiger partial charge in [-0.2, -0.15) is 5.10 Å². The third-order valence-corrected chi connectivity index (χ3v) is 3.60. The second-order valence-corrected chi connectivity index (χ2v) is 5.18. The molecule has 0 bridgehead atoms. The van der Waals surface area contributed by atoms with Crippen LogP contribution in [0.1, 0.15) is 0 Å². The molecule has 1 heterocycles. The lowest BCUT2D eigenvalue weighted by molar-refractivity contribution is 0.415. The zero-order valence-corrected chi connectivity index (χ0v) is 12.6. The lowest BCUT2D eigenvalue weighted by Crippen LogP contribution is -2.09. The van der Waals surface area contributed by atoms with Crippen LogP contribution in [0.25, 0.3) is 11.3 Å². The zero-order valence-electron chi connectivity index (χ0n) is 10.3. The predicted molar refractivity (Wildman–Crippen MR) is 77.6 cm³/mol. The molecule has 0 unspecified atom stereocenters. The summed E-state index contributed by atoms with van der Waals surface area (Å²) in [4.78, 5) is 1.93. The molecule has 2 rings (SSSR count). The average molecular weight is 331 g/mol. The maximum absolute atomic E-state index is 6.12. The van der Waals surface area contributed by atoms with Crippen molar-refractivity contribution in [1.29, 1.82) is 0 Å². The molecular weight excluding hydrogens is 318 g/mol. The Morgan fingerprint density at radius 2 is 2.11 bits per heavy atom. The number of H-pyrrole nitrogens is 1. The molecule has 0 fully saturated rings. The van der Waals surface area contributed by atoms with E-state index in [-0.39, 0.29) is 0 Å². The molecule has 6 heteroatoms. The van der Waals surface area contributed by atoms with Crippen molar-refractivity contribution >= 4 is 33.3 Å². The van der Waals surface area contributed by atoms with Gasteiger partial charge in [0.25, 0.3) is 0 Å². The van der Waals surface area contributed by atoms with E-state index in [1.165, 1.54) is 0 Å². The fourth-order valence-electron chi connectivity index (χ4n) is 1.63. The Hall–Kier alpha value is -1.20. The van der Waals surface area contributed by atoms with Crippen LogP contribution in [0.3, 0.4) is 0 Å². The highest BCUT2D eigenvalue weighted by atomic mass is 79.9. The highest BCUT2D eigenvalue weighted by Gasteiger charge is 2.14. The number of rotatable bonds is 3. The number of anilines is 1. The quantitative estimate of drug-likeness (QED) is 0.935. The van der Waals surface area contributed by atoms with Crippen molar-refractivity contribution < 1.29 is 4.74 Å². The summed E-state index contributed by atoms with van der Waals surface area (Å²) in [7, 11) is 5.47. The number of halogens is 2. The molecule has 96 valence electrons. The van der Waals surface area contributed by atoms with E-state index in [9.17, 15) is 0 Å². The van der Waals surface area contributed by atoms with Gasteiger partial charge in [0.05, 0.1) is 22.3 Å². The molecule has 0 aliphatic heterocycles. The summed E-state index contributed by atoms with van der Waals surface area (Å²) < 4.78 is 6.04. The van der Waals surface area contributed by atoms with Gasteiger partial charge in [-0.15, -0.1) is 0 Å². The third kappa shape index (κ3) is 2.33. The minimum atomic E-state index is 0.572. The molecule has 0 atom stereocenters. The second-order valence-electron chi connectivity index (χ2n) is 3.98. The van der Waals surface area contributed by atoms with E-state index in [0.717, 1.165) is 21.5 Å². The number of nitrogens with one attached hydrogen (secondary N) is 1. The van der Waals surface area contributed by atoms with Crippen LogP contribution in [0, 0.1) is 0 Å². The number of nitrogens with zero attached hydrogens (tertiary/aromatic N) is 2. The first-order valence-corrected chi connectivity index (χ1v) is 6.46. The van der Waals surface area contributed by atoms with E-state index in [4.69, 9.17) is 16.3 Å². The molecular formula is C12H13BrClN3O. The van der Waals surface area contributed by atoms with Crippen molar-refractivity contribution in [2.75, 3.05) is 26.1 Å². The van der Waals surface area contributed by atoms with Crippen LogP contribution in [-0.2, 0) is 0 Å². The molecule has 1 aromatic carbocycles. The van der Waals surface area contributed by atoms with Crippen molar-refractivity contribution in [3.05, 3.63) is 27.7 Å². The van der Waals surface area contributed by atoms with E-state index in [2.05, 4.69) is 26.1 Å². The first-order valence-electron chi connectivity index (χ1n) is 5.29. The summed E-state index contributed by atoms with van der Waals surface area (Å²) in [5, 5.41) is 7.81. The van der Waals surface area contributed by atoms with Gasteiger partial charge in [-0.25, -0.2) is 0 Å². The van der Waals surface area contributed by atoms with E-state index in [1.807, 2.05) is 37.2 Å². The van der Waals surface area contributed by atoms with Gasteiger partial charge in [-0.05, 0) is 34.1 Å². The smallest absolute Gasteiger partial charge is 0.164 e. The standard InChI is InChI=1S/C12H13BrClN3O/c1-17(2)12-10(13)11(15-16-12)7-4-5-9(18-3)8(14)6-7/h4-6H,1-3H3,(H,15,16). The lowest BCUT2D eigenvalue weighted by Gasteiger charge is -2.08. The number of methoxy groups -OCH3 is 1. The third-order valence-electron chi connectivity index (χ3n) is 2.55. The molecule has 1 aromatic heterocycles. The molecule has 0 spiro atoms. The van der Waals surface area contributed by atoms with Crippen molar-refractivity contribution in [2.24, 2.45) is 0 Å². The molecule has 0 radical (unpaired) electrons. The summed E-state index contributed by atoms with van der Waals surface area (Å²) in [6.45, 7) is 0. The van der Waals surface area contributed by atoms with Crippen LogP contribution < -0.4 is 9.64 Å².